The number of anilines is 1. The first kappa shape index (κ1) is 15.9. The van der Waals surface area contributed by atoms with Crippen molar-refractivity contribution in [1.82, 2.24) is 0 Å². The number of ether oxygens (including phenoxy) is 1. The number of nitrogens with one attached hydrogen (secondary N) is 1. The SMILES string of the molecule is CCOC(=O)C(Nc1ccccc1C)C1CCC(C)CC1. The Kier molecular flexibility index (Phi) is 5.66. The maximum absolute atomic E-state index is 12.4. The van der Waals surface area contributed by atoms with Crippen molar-refractivity contribution in [3.63, 3.8) is 0 Å². The average Bonchev–Trinajstić information content (AvgIpc) is 2.48. The third kappa shape index (κ3) is 4.23. The lowest BCUT2D eigenvalue weighted by Crippen LogP contribution is -2.40. The molecule has 1 aromatic rings. The molecule has 0 spiro atoms. The van der Waals surface area contributed by atoms with Crippen LogP contribution in [0.2, 0.25) is 0 Å². The van der Waals surface area contributed by atoms with Crippen LogP contribution in [0, 0.1) is 18.8 Å². The first-order chi connectivity index (χ1) is 10.1. The number of hydrogen-bond acceptors (Lipinski definition) is 3. The van der Waals surface area contributed by atoms with Gasteiger partial charge in [0.15, 0.2) is 0 Å². The van der Waals surface area contributed by atoms with Crippen molar-refractivity contribution >= 4 is 11.7 Å². The summed E-state index contributed by atoms with van der Waals surface area (Å²) in [5.74, 6) is 1.04. The maximum Gasteiger partial charge on any atom is 0.328 e. The zero-order valence-corrected chi connectivity index (χ0v) is 13.4. The minimum Gasteiger partial charge on any atom is -0.464 e. The summed E-state index contributed by atoms with van der Waals surface area (Å²) in [7, 11) is 0. The first-order valence-corrected chi connectivity index (χ1v) is 8.10. The molecule has 1 aliphatic carbocycles. The number of hydrogen-bond donors (Lipinski definition) is 1. The number of aryl methyl sites for hydroxylation is 1. The van der Waals surface area contributed by atoms with Crippen molar-refractivity contribution in [3.8, 4) is 0 Å². The fraction of sp³-hybridized carbons (Fsp3) is 0.611. The van der Waals surface area contributed by atoms with Gasteiger partial charge in [-0.1, -0.05) is 38.0 Å². The van der Waals surface area contributed by atoms with Crippen molar-refractivity contribution < 1.29 is 9.53 Å². The normalized spacial score (nSPS) is 23.4. The molecule has 21 heavy (non-hydrogen) atoms. The molecule has 3 nitrogen and oxygen atoms in total. The molecule has 1 unspecified atom stereocenters. The lowest BCUT2D eigenvalue weighted by atomic mass is 9.79. The second-order valence-corrected chi connectivity index (χ2v) is 6.21. The van der Waals surface area contributed by atoms with Gasteiger partial charge >= 0.3 is 5.97 Å². The molecule has 1 fully saturated rings. The predicted octanol–water partition coefficient (Wildman–Crippen LogP) is 4.16. The molecule has 1 atom stereocenters. The smallest absolute Gasteiger partial charge is 0.328 e. The fourth-order valence-electron chi connectivity index (χ4n) is 3.12. The standard InChI is InChI=1S/C18H27NO2/c1-4-21-18(20)17(15-11-9-13(2)10-12-15)19-16-8-6-5-7-14(16)3/h5-8,13,15,17,19H,4,9-12H2,1-3H3. The quantitative estimate of drug-likeness (QED) is 0.827. The van der Waals surface area contributed by atoms with E-state index in [0.29, 0.717) is 12.5 Å². The third-order valence-corrected chi connectivity index (χ3v) is 4.53. The maximum atomic E-state index is 12.4. The summed E-state index contributed by atoms with van der Waals surface area (Å²) in [4.78, 5) is 12.4. The van der Waals surface area contributed by atoms with Crippen molar-refractivity contribution in [2.75, 3.05) is 11.9 Å². The zero-order valence-electron chi connectivity index (χ0n) is 13.4. The second-order valence-electron chi connectivity index (χ2n) is 6.21. The van der Waals surface area contributed by atoms with Crippen LogP contribution < -0.4 is 5.32 Å². The third-order valence-electron chi connectivity index (χ3n) is 4.53. The molecular formula is C18H27NO2. The molecule has 0 aromatic heterocycles. The van der Waals surface area contributed by atoms with Crippen LogP contribution in [0.4, 0.5) is 5.69 Å². The van der Waals surface area contributed by atoms with Crippen LogP contribution in [-0.2, 0) is 9.53 Å². The van der Waals surface area contributed by atoms with Gasteiger partial charge in [-0.2, -0.15) is 0 Å². The Hall–Kier alpha value is -1.51. The predicted molar refractivity (Wildman–Crippen MR) is 86.3 cm³/mol. The van der Waals surface area contributed by atoms with Gasteiger partial charge in [-0.25, -0.2) is 4.79 Å². The molecule has 0 saturated heterocycles. The van der Waals surface area contributed by atoms with Gasteiger partial charge in [0.25, 0.3) is 0 Å². The molecular weight excluding hydrogens is 262 g/mol. The Balaban J connectivity index is 2.12. The van der Waals surface area contributed by atoms with E-state index in [0.717, 1.165) is 30.0 Å². The Labute approximate surface area is 128 Å². The van der Waals surface area contributed by atoms with Crippen LogP contribution in [-0.4, -0.2) is 18.6 Å². The number of carbonyl (C=O) groups excluding carboxylic acids is 1. The number of esters is 1. The van der Waals surface area contributed by atoms with E-state index in [-0.39, 0.29) is 12.0 Å². The van der Waals surface area contributed by atoms with Crippen molar-refractivity contribution in [2.24, 2.45) is 11.8 Å². The highest BCUT2D eigenvalue weighted by Gasteiger charge is 2.32. The topological polar surface area (TPSA) is 38.3 Å². The Morgan fingerprint density at radius 3 is 2.57 bits per heavy atom. The highest BCUT2D eigenvalue weighted by molar-refractivity contribution is 5.80. The summed E-state index contributed by atoms with van der Waals surface area (Å²) in [5.41, 5.74) is 2.20. The van der Waals surface area contributed by atoms with Crippen molar-refractivity contribution in [3.05, 3.63) is 29.8 Å². The van der Waals surface area contributed by atoms with Gasteiger partial charge in [-0.05, 0) is 50.2 Å². The number of benzene rings is 1. The van der Waals surface area contributed by atoms with Gasteiger partial charge < -0.3 is 10.1 Å². The number of carbonyl (C=O) groups is 1. The van der Waals surface area contributed by atoms with Gasteiger partial charge in [-0.3, -0.25) is 0 Å². The molecule has 0 aliphatic heterocycles. The minimum atomic E-state index is -0.224. The highest BCUT2D eigenvalue weighted by Crippen LogP contribution is 2.32. The highest BCUT2D eigenvalue weighted by atomic mass is 16.5. The van der Waals surface area contributed by atoms with Gasteiger partial charge in [0.2, 0.25) is 0 Å². The molecule has 1 N–H and O–H groups in total. The van der Waals surface area contributed by atoms with Crippen LogP contribution in [0.25, 0.3) is 0 Å². The largest absolute Gasteiger partial charge is 0.464 e. The van der Waals surface area contributed by atoms with Crippen LogP contribution in [0.1, 0.15) is 45.1 Å². The van der Waals surface area contributed by atoms with Crippen LogP contribution in [0.3, 0.4) is 0 Å². The van der Waals surface area contributed by atoms with Crippen LogP contribution >= 0.6 is 0 Å². The van der Waals surface area contributed by atoms with E-state index in [2.05, 4.69) is 25.2 Å². The summed E-state index contributed by atoms with van der Waals surface area (Å²) >= 11 is 0. The summed E-state index contributed by atoms with van der Waals surface area (Å²) in [6, 6.07) is 7.89. The Morgan fingerprint density at radius 2 is 1.95 bits per heavy atom. The Bertz CT molecular complexity index is 464. The fourth-order valence-corrected chi connectivity index (χ4v) is 3.12. The summed E-state index contributed by atoms with van der Waals surface area (Å²) < 4.78 is 5.29. The van der Waals surface area contributed by atoms with E-state index in [9.17, 15) is 4.79 Å². The molecule has 1 saturated carbocycles. The first-order valence-electron chi connectivity index (χ1n) is 8.10. The van der Waals surface area contributed by atoms with Crippen LogP contribution in [0.15, 0.2) is 24.3 Å². The van der Waals surface area contributed by atoms with E-state index >= 15 is 0 Å². The summed E-state index contributed by atoms with van der Waals surface area (Å²) in [5, 5.41) is 3.44. The lowest BCUT2D eigenvalue weighted by molar-refractivity contribution is -0.145. The van der Waals surface area contributed by atoms with E-state index in [4.69, 9.17) is 4.74 Å². The molecule has 0 heterocycles. The van der Waals surface area contributed by atoms with E-state index in [1.807, 2.05) is 25.1 Å². The van der Waals surface area contributed by atoms with E-state index in [1.54, 1.807) is 0 Å². The molecule has 0 amide bonds. The van der Waals surface area contributed by atoms with Gasteiger partial charge in [0.05, 0.1) is 6.61 Å². The van der Waals surface area contributed by atoms with Gasteiger partial charge in [0.1, 0.15) is 6.04 Å². The summed E-state index contributed by atoms with van der Waals surface area (Å²) in [6.45, 7) is 6.66. The monoisotopic (exact) mass is 289 g/mol. The molecule has 0 radical (unpaired) electrons. The summed E-state index contributed by atoms with van der Waals surface area (Å²) in [6.07, 6.45) is 4.61. The molecule has 2 rings (SSSR count). The minimum absolute atomic E-state index is 0.111. The van der Waals surface area contributed by atoms with Crippen LogP contribution in [0.5, 0.6) is 0 Å². The molecule has 0 bridgehead atoms. The van der Waals surface area contributed by atoms with E-state index in [1.165, 1.54) is 12.8 Å². The number of rotatable bonds is 5. The molecule has 116 valence electrons. The molecule has 1 aliphatic rings. The van der Waals surface area contributed by atoms with Crippen molar-refractivity contribution in [1.29, 1.82) is 0 Å². The lowest BCUT2D eigenvalue weighted by Gasteiger charge is -2.32. The average molecular weight is 289 g/mol. The molecule has 3 heteroatoms. The van der Waals surface area contributed by atoms with Crippen molar-refractivity contribution in [2.45, 2.75) is 52.5 Å². The zero-order chi connectivity index (χ0) is 15.2. The second kappa shape index (κ2) is 7.48. The van der Waals surface area contributed by atoms with E-state index < -0.39 is 0 Å². The van der Waals surface area contributed by atoms with Gasteiger partial charge in [-0.15, -0.1) is 0 Å². The Morgan fingerprint density at radius 1 is 1.29 bits per heavy atom. The van der Waals surface area contributed by atoms with Gasteiger partial charge in [0, 0.05) is 5.69 Å². The number of para-hydroxylation sites is 1. The molecule has 1 aromatic carbocycles.